The highest BCUT2D eigenvalue weighted by Gasteiger charge is 2.22. The van der Waals surface area contributed by atoms with Crippen molar-refractivity contribution < 1.29 is 23.1 Å². The van der Waals surface area contributed by atoms with E-state index in [1.54, 1.807) is 18.4 Å². The van der Waals surface area contributed by atoms with E-state index in [2.05, 4.69) is 24.5 Å². The van der Waals surface area contributed by atoms with Crippen molar-refractivity contribution in [3.63, 3.8) is 0 Å². The van der Waals surface area contributed by atoms with Crippen LogP contribution in [0, 0.1) is 11.7 Å². The molecule has 37 heavy (non-hydrogen) atoms. The van der Waals surface area contributed by atoms with Crippen LogP contribution in [0.1, 0.15) is 37.2 Å². The highest BCUT2D eigenvalue weighted by atomic mass is 32.2. The van der Waals surface area contributed by atoms with E-state index in [0.717, 1.165) is 23.3 Å². The van der Waals surface area contributed by atoms with Crippen LogP contribution in [0.25, 0.3) is 0 Å². The summed E-state index contributed by atoms with van der Waals surface area (Å²) in [6.45, 7) is 4.75. The SMILES string of the molecule is CC(C)CC(CNC(Cc1ccc(F)cc1)C(=O)CSCc1ccco1)NC(=O)OCc1ccccc1. The van der Waals surface area contributed by atoms with E-state index in [-0.39, 0.29) is 24.2 Å². The van der Waals surface area contributed by atoms with Crippen LogP contribution >= 0.6 is 11.8 Å². The van der Waals surface area contributed by atoms with Crippen LogP contribution in [0.5, 0.6) is 0 Å². The van der Waals surface area contributed by atoms with Crippen molar-refractivity contribution in [2.75, 3.05) is 12.3 Å². The van der Waals surface area contributed by atoms with Gasteiger partial charge < -0.3 is 19.8 Å². The Morgan fingerprint density at radius 3 is 2.43 bits per heavy atom. The number of Topliss-reactive ketones (excluding diaryl/α,β-unsaturated/α-hetero) is 1. The molecule has 2 atom stereocenters. The number of amides is 1. The van der Waals surface area contributed by atoms with E-state index in [4.69, 9.17) is 9.15 Å². The largest absolute Gasteiger partial charge is 0.468 e. The minimum Gasteiger partial charge on any atom is -0.468 e. The molecule has 0 aliphatic rings. The van der Waals surface area contributed by atoms with Crippen molar-refractivity contribution in [1.29, 1.82) is 0 Å². The van der Waals surface area contributed by atoms with Gasteiger partial charge in [0.15, 0.2) is 5.78 Å². The third kappa shape index (κ3) is 10.8. The molecule has 2 aromatic carbocycles. The van der Waals surface area contributed by atoms with Crippen LogP contribution in [-0.4, -0.2) is 36.3 Å². The number of carbonyl (C=O) groups is 2. The van der Waals surface area contributed by atoms with Gasteiger partial charge in [-0.3, -0.25) is 4.79 Å². The van der Waals surface area contributed by atoms with Crippen molar-refractivity contribution >= 4 is 23.6 Å². The molecule has 2 unspecified atom stereocenters. The maximum absolute atomic E-state index is 13.4. The summed E-state index contributed by atoms with van der Waals surface area (Å²) in [5, 5.41) is 6.30. The molecule has 0 aliphatic carbocycles. The summed E-state index contributed by atoms with van der Waals surface area (Å²) in [6, 6.07) is 18.7. The normalized spacial score (nSPS) is 12.8. The third-order valence-corrected chi connectivity index (χ3v) is 6.69. The van der Waals surface area contributed by atoms with Gasteiger partial charge in [0, 0.05) is 12.6 Å². The lowest BCUT2D eigenvalue weighted by Gasteiger charge is -2.24. The van der Waals surface area contributed by atoms with E-state index in [0.29, 0.717) is 30.4 Å². The van der Waals surface area contributed by atoms with E-state index in [1.807, 2.05) is 42.5 Å². The highest BCUT2D eigenvalue weighted by molar-refractivity contribution is 7.99. The van der Waals surface area contributed by atoms with Gasteiger partial charge >= 0.3 is 6.09 Å². The zero-order valence-corrected chi connectivity index (χ0v) is 22.1. The van der Waals surface area contributed by atoms with Crippen LogP contribution in [-0.2, 0) is 28.3 Å². The number of benzene rings is 2. The van der Waals surface area contributed by atoms with Gasteiger partial charge in [-0.05, 0) is 54.2 Å². The second-order valence-electron chi connectivity index (χ2n) is 9.36. The lowest BCUT2D eigenvalue weighted by atomic mass is 10.0. The van der Waals surface area contributed by atoms with Crippen molar-refractivity contribution in [2.45, 2.75) is 51.1 Å². The van der Waals surface area contributed by atoms with Gasteiger partial charge in [0.2, 0.25) is 0 Å². The fraction of sp³-hybridized carbons (Fsp3) is 0.379. The number of nitrogens with one attached hydrogen (secondary N) is 2. The topological polar surface area (TPSA) is 80.6 Å². The summed E-state index contributed by atoms with van der Waals surface area (Å²) in [6.07, 6.45) is 2.26. The maximum atomic E-state index is 13.4. The third-order valence-electron chi connectivity index (χ3n) is 5.71. The molecule has 2 N–H and O–H groups in total. The average Bonchev–Trinajstić information content (AvgIpc) is 3.40. The molecule has 0 fully saturated rings. The molecule has 0 bridgehead atoms. The standard InChI is InChI=1S/C29H35FN2O4S/c1-21(2)15-25(32-29(34)36-18-23-7-4-3-5-8-23)17-31-27(16-22-10-12-24(30)13-11-22)28(33)20-37-19-26-9-6-14-35-26/h3-14,21,25,27,31H,15-20H2,1-2H3,(H,32,34). The van der Waals surface area contributed by atoms with Crippen molar-refractivity contribution in [3.8, 4) is 0 Å². The van der Waals surface area contributed by atoms with Gasteiger partial charge in [-0.15, -0.1) is 11.8 Å². The first-order valence-electron chi connectivity index (χ1n) is 12.5. The Hall–Kier alpha value is -3.10. The van der Waals surface area contributed by atoms with E-state index in [1.165, 1.54) is 23.9 Å². The number of alkyl carbamates (subject to hydrolysis) is 1. The zero-order chi connectivity index (χ0) is 26.5. The zero-order valence-electron chi connectivity index (χ0n) is 21.3. The van der Waals surface area contributed by atoms with Crippen LogP contribution in [0.15, 0.2) is 77.4 Å². The molecule has 1 heterocycles. The van der Waals surface area contributed by atoms with Gasteiger partial charge in [-0.2, -0.15) is 0 Å². The van der Waals surface area contributed by atoms with Gasteiger partial charge in [0.05, 0.1) is 23.8 Å². The molecule has 0 aliphatic heterocycles. The Balaban J connectivity index is 1.58. The summed E-state index contributed by atoms with van der Waals surface area (Å²) >= 11 is 1.49. The quantitative estimate of drug-likeness (QED) is 0.262. The van der Waals surface area contributed by atoms with E-state index < -0.39 is 12.1 Å². The molecule has 0 saturated carbocycles. The monoisotopic (exact) mass is 526 g/mol. The molecular weight excluding hydrogens is 491 g/mol. The van der Waals surface area contributed by atoms with E-state index in [9.17, 15) is 14.0 Å². The number of rotatable bonds is 15. The Morgan fingerprint density at radius 1 is 1.00 bits per heavy atom. The number of hydrogen-bond donors (Lipinski definition) is 2. The van der Waals surface area contributed by atoms with Crippen molar-refractivity contribution in [3.05, 3.63) is 95.7 Å². The Bertz CT molecular complexity index is 1080. The number of ether oxygens (including phenoxy) is 1. The Kier molecular flexibility index (Phi) is 11.7. The van der Waals surface area contributed by atoms with Crippen molar-refractivity contribution in [2.24, 2.45) is 5.92 Å². The van der Waals surface area contributed by atoms with Crippen LogP contribution in [0.2, 0.25) is 0 Å². The number of carbonyl (C=O) groups excluding carboxylic acids is 2. The second kappa shape index (κ2) is 15.2. The number of hydrogen-bond acceptors (Lipinski definition) is 6. The summed E-state index contributed by atoms with van der Waals surface area (Å²) < 4.78 is 24.2. The smallest absolute Gasteiger partial charge is 0.407 e. The van der Waals surface area contributed by atoms with Crippen molar-refractivity contribution in [1.82, 2.24) is 10.6 Å². The Labute approximate surface area is 222 Å². The first kappa shape index (κ1) is 28.5. The van der Waals surface area contributed by atoms with Gasteiger partial charge in [0.1, 0.15) is 18.2 Å². The fourth-order valence-corrected chi connectivity index (χ4v) is 4.75. The minimum atomic E-state index is -0.494. The number of halogens is 1. The average molecular weight is 527 g/mol. The number of furan rings is 1. The van der Waals surface area contributed by atoms with Crippen LogP contribution in [0.4, 0.5) is 9.18 Å². The van der Waals surface area contributed by atoms with E-state index >= 15 is 0 Å². The first-order valence-corrected chi connectivity index (χ1v) is 13.6. The lowest BCUT2D eigenvalue weighted by molar-refractivity contribution is -0.118. The van der Waals surface area contributed by atoms with Crippen LogP contribution < -0.4 is 10.6 Å². The molecule has 3 aromatic rings. The Morgan fingerprint density at radius 2 is 1.76 bits per heavy atom. The summed E-state index contributed by atoms with van der Waals surface area (Å²) in [5.74, 6) is 1.78. The molecule has 3 rings (SSSR count). The van der Waals surface area contributed by atoms with Gasteiger partial charge in [-0.25, -0.2) is 9.18 Å². The van der Waals surface area contributed by atoms with Gasteiger partial charge in [0.25, 0.3) is 0 Å². The molecule has 1 amide bonds. The highest BCUT2D eigenvalue weighted by Crippen LogP contribution is 2.15. The summed E-state index contributed by atoms with van der Waals surface area (Å²) in [7, 11) is 0. The molecule has 198 valence electrons. The minimum absolute atomic E-state index is 0.0378. The summed E-state index contributed by atoms with van der Waals surface area (Å²) in [5.41, 5.74) is 1.77. The number of ketones is 1. The first-order chi connectivity index (χ1) is 17.9. The fourth-order valence-electron chi connectivity index (χ4n) is 3.88. The molecule has 0 saturated heterocycles. The van der Waals surface area contributed by atoms with Crippen LogP contribution in [0.3, 0.4) is 0 Å². The lowest BCUT2D eigenvalue weighted by Crippen LogP contribution is -2.49. The predicted octanol–water partition coefficient (Wildman–Crippen LogP) is 5.76. The molecular formula is C29H35FN2O4S. The maximum Gasteiger partial charge on any atom is 0.407 e. The predicted molar refractivity (Wildman–Crippen MR) is 145 cm³/mol. The number of thioether (sulfide) groups is 1. The molecule has 8 heteroatoms. The summed E-state index contributed by atoms with van der Waals surface area (Å²) in [4.78, 5) is 25.6. The molecule has 0 radical (unpaired) electrons. The second-order valence-corrected chi connectivity index (χ2v) is 10.3. The molecule has 6 nitrogen and oxygen atoms in total. The van der Waals surface area contributed by atoms with Gasteiger partial charge in [-0.1, -0.05) is 56.3 Å². The molecule has 1 aromatic heterocycles. The molecule has 0 spiro atoms.